The van der Waals surface area contributed by atoms with Crippen molar-refractivity contribution in [2.24, 2.45) is 17.6 Å². The number of primary amides is 1. The van der Waals surface area contributed by atoms with Gasteiger partial charge in [0, 0.05) is 24.1 Å². The van der Waals surface area contributed by atoms with Crippen molar-refractivity contribution in [3.63, 3.8) is 0 Å². The second kappa shape index (κ2) is 9.46. The van der Waals surface area contributed by atoms with Crippen molar-refractivity contribution in [3.8, 4) is 5.75 Å². The number of hydrogen-bond acceptors (Lipinski definition) is 9. The third-order valence-electron chi connectivity index (χ3n) is 8.44. The summed E-state index contributed by atoms with van der Waals surface area (Å²) in [6.07, 6.45) is 5.02. The third kappa shape index (κ3) is 3.88. The number of aromatic hydroxyl groups is 1. The Hall–Kier alpha value is -4.22. The van der Waals surface area contributed by atoms with Crippen molar-refractivity contribution in [1.29, 1.82) is 0 Å². The number of allylic oxidation sites excluding steroid dienone is 5. The van der Waals surface area contributed by atoms with Crippen LogP contribution in [-0.4, -0.2) is 74.4 Å². The average Bonchev–Trinajstić information content (AvgIpc) is 2.86. The molecule has 0 spiro atoms. The predicted molar refractivity (Wildman–Crippen MR) is 143 cm³/mol. The SMILES string of the molecule is CC(=O)NC1=CC=C(c2ccc(O)c3c2C[C@H]2C[C@H]4[C@H](N(C)C)C(O)=C(C(N)=O)C(=O)[C@@]4(O)C(O)=C2C3=O)CC1. The van der Waals surface area contributed by atoms with Gasteiger partial charge in [-0.2, -0.15) is 0 Å². The standard InChI is InChI=1S/C29H31N3O8/c1-12(33)31-15-6-4-13(5-7-15)16-8-9-19(34)21-17(16)10-14-11-18-23(32(2)3)25(36)22(28(30)39)27(38)29(18,40)26(37)20(14)24(21)35/h4,6,8-9,14,18,23,34,36-37,40H,5,7,10-11H2,1-3H3,(H2,30,39)(H,31,33)/t14-,18-,23-,29-/m0/s1. The number of carbonyl (C=O) groups is 4. The van der Waals surface area contributed by atoms with Crippen LogP contribution in [0.5, 0.6) is 5.75 Å². The van der Waals surface area contributed by atoms with E-state index in [1.165, 1.54) is 17.9 Å². The number of phenols is 1. The van der Waals surface area contributed by atoms with Crippen LogP contribution >= 0.6 is 0 Å². The van der Waals surface area contributed by atoms with E-state index in [-0.39, 0.29) is 35.6 Å². The fraction of sp³-hybridized carbons (Fsp3) is 0.379. The van der Waals surface area contributed by atoms with Gasteiger partial charge in [-0.15, -0.1) is 0 Å². The summed E-state index contributed by atoms with van der Waals surface area (Å²) in [7, 11) is 3.17. The minimum Gasteiger partial charge on any atom is -0.510 e. The van der Waals surface area contributed by atoms with Crippen molar-refractivity contribution in [3.05, 3.63) is 69.3 Å². The van der Waals surface area contributed by atoms with E-state index in [1.54, 1.807) is 26.2 Å². The molecule has 0 aromatic heterocycles. The summed E-state index contributed by atoms with van der Waals surface area (Å²) in [6, 6.07) is 2.06. The van der Waals surface area contributed by atoms with E-state index >= 15 is 0 Å². The van der Waals surface area contributed by atoms with Gasteiger partial charge in [0.1, 0.15) is 22.8 Å². The zero-order chi connectivity index (χ0) is 29.3. The molecule has 4 aliphatic rings. The number of nitrogens with one attached hydrogen (secondary N) is 1. The summed E-state index contributed by atoms with van der Waals surface area (Å²) in [4.78, 5) is 52.3. The molecule has 0 radical (unpaired) electrons. The Labute approximate surface area is 230 Å². The number of hydrogen-bond donors (Lipinski definition) is 6. The first-order valence-corrected chi connectivity index (χ1v) is 13.0. The van der Waals surface area contributed by atoms with Gasteiger partial charge in [-0.25, -0.2) is 0 Å². The molecule has 0 bridgehead atoms. The highest BCUT2D eigenvalue weighted by Crippen LogP contribution is 2.53. The topological polar surface area (TPSA) is 190 Å². The van der Waals surface area contributed by atoms with Crippen molar-refractivity contribution in [2.75, 3.05) is 14.1 Å². The van der Waals surface area contributed by atoms with Gasteiger partial charge in [0.2, 0.25) is 11.7 Å². The lowest BCUT2D eigenvalue weighted by atomic mass is 9.58. The largest absolute Gasteiger partial charge is 0.510 e. The number of rotatable bonds is 4. The molecule has 0 heterocycles. The molecule has 11 heteroatoms. The maximum Gasteiger partial charge on any atom is 0.255 e. The lowest BCUT2D eigenvalue weighted by molar-refractivity contribution is -0.148. The fourth-order valence-corrected chi connectivity index (χ4v) is 6.74. The molecule has 210 valence electrons. The normalized spacial score (nSPS) is 28.0. The third-order valence-corrected chi connectivity index (χ3v) is 8.44. The molecular weight excluding hydrogens is 518 g/mol. The number of Topliss-reactive ketones (excluding diaryl/α,β-unsaturated/α-hetero) is 2. The highest BCUT2D eigenvalue weighted by molar-refractivity contribution is 6.24. The molecule has 0 saturated heterocycles. The van der Waals surface area contributed by atoms with Crippen LogP contribution < -0.4 is 11.1 Å². The van der Waals surface area contributed by atoms with Crippen LogP contribution in [0.4, 0.5) is 0 Å². The molecule has 0 unspecified atom stereocenters. The number of benzene rings is 1. The van der Waals surface area contributed by atoms with Crippen LogP contribution in [0.15, 0.2) is 52.6 Å². The van der Waals surface area contributed by atoms with E-state index in [1.807, 2.05) is 6.08 Å². The van der Waals surface area contributed by atoms with Gasteiger partial charge in [0.25, 0.3) is 5.91 Å². The number of phenolic OH excluding ortho intramolecular Hbond substituents is 1. The van der Waals surface area contributed by atoms with Gasteiger partial charge < -0.3 is 31.5 Å². The van der Waals surface area contributed by atoms with E-state index < -0.39 is 58.0 Å². The van der Waals surface area contributed by atoms with Crippen molar-refractivity contribution >= 4 is 29.0 Å². The minimum atomic E-state index is -2.67. The molecule has 1 aromatic rings. The van der Waals surface area contributed by atoms with E-state index in [0.717, 1.165) is 16.8 Å². The molecule has 1 aromatic carbocycles. The van der Waals surface area contributed by atoms with Crippen molar-refractivity contribution in [1.82, 2.24) is 10.2 Å². The number of nitrogens with zero attached hydrogens (tertiary/aromatic N) is 1. The zero-order valence-corrected chi connectivity index (χ0v) is 22.3. The van der Waals surface area contributed by atoms with Crippen LogP contribution in [0.2, 0.25) is 0 Å². The summed E-state index contributed by atoms with van der Waals surface area (Å²) in [5.74, 6) is -6.98. The number of likely N-dealkylation sites (N-methyl/N-ethyl adjacent to an activating group) is 1. The summed E-state index contributed by atoms with van der Waals surface area (Å²) >= 11 is 0. The number of amides is 2. The number of aliphatic hydroxyl groups is 3. The van der Waals surface area contributed by atoms with E-state index in [0.29, 0.717) is 18.4 Å². The molecule has 5 rings (SSSR count). The Balaban J connectivity index is 1.65. The maximum atomic E-state index is 13.9. The first kappa shape index (κ1) is 27.4. The second-order valence-corrected chi connectivity index (χ2v) is 11.0. The summed E-state index contributed by atoms with van der Waals surface area (Å²) < 4.78 is 0. The number of ketones is 2. The Morgan fingerprint density at radius 3 is 2.38 bits per heavy atom. The first-order chi connectivity index (χ1) is 18.8. The van der Waals surface area contributed by atoms with Gasteiger partial charge >= 0.3 is 0 Å². The van der Waals surface area contributed by atoms with Crippen LogP contribution in [0, 0.1) is 11.8 Å². The monoisotopic (exact) mass is 549 g/mol. The molecule has 4 atom stereocenters. The van der Waals surface area contributed by atoms with Gasteiger partial charge in [0.15, 0.2) is 11.4 Å². The molecule has 0 saturated carbocycles. The van der Waals surface area contributed by atoms with Crippen LogP contribution in [0.1, 0.15) is 47.7 Å². The fourth-order valence-electron chi connectivity index (χ4n) is 6.74. The number of aliphatic hydroxyl groups excluding tert-OH is 2. The van der Waals surface area contributed by atoms with Crippen LogP contribution in [-0.2, 0) is 20.8 Å². The van der Waals surface area contributed by atoms with Crippen molar-refractivity contribution in [2.45, 2.75) is 44.2 Å². The number of nitrogens with two attached hydrogens (primary N) is 1. The van der Waals surface area contributed by atoms with Crippen LogP contribution in [0.3, 0.4) is 0 Å². The lowest BCUT2D eigenvalue weighted by Gasteiger charge is -2.50. The Morgan fingerprint density at radius 2 is 1.80 bits per heavy atom. The van der Waals surface area contributed by atoms with Crippen molar-refractivity contribution < 1.29 is 39.6 Å². The quantitative estimate of drug-likeness (QED) is 0.301. The predicted octanol–water partition coefficient (Wildman–Crippen LogP) is 1.32. The van der Waals surface area contributed by atoms with Gasteiger partial charge in [-0.05, 0) is 74.5 Å². The molecular formula is C29H31N3O8. The van der Waals surface area contributed by atoms with E-state index in [2.05, 4.69) is 5.32 Å². The first-order valence-electron chi connectivity index (χ1n) is 13.0. The molecule has 40 heavy (non-hydrogen) atoms. The van der Waals surface area contributed by atoms with Gasteiger partial charge in [0.05, 0.1) is 11.6 Å². The highest BCUT2D eigenvalue weighted by atomic mass is 16.3. The van der Waals surface area contributed by atoms with E-state index in [9.17, 15) is 39.6 Å². The Kier molecular flexibility index (Phi) is 6.47. The Morgan fingerprint density at radius 1 is 1.10 bits per heavy atom. The minimum absolute atomic E-state index is 0.0203. The molecule has 0 aliphatic heterocycles. The summed E-state index contributed by atoms with van der Waals surface area (Å²) in [5.41, 5.74) is 4.59. The number of fused-ring (bicyclic) bond motifs is 3. The molecule has 0 fully saturated rings. The molecule has 7 N–H and O–H groups in total. The summed E-state index contributed by atoms with van der Waals surface area (Å²) in [6.45, 7) is 1.43. The molecule has 11 nitrogen and oxygen atoms in total. The second-order valence-electron chi connectivity index (χ2n) is 11.0. The van der Waals surface area contributed by atoms with Gasteiger partial charge in [-0.1, -0.05) is 12.1 Å². The Bertz CT molecular complexity index is 1510. The summed E-state index contributed by atoms with van der Waals surface area (Å²) in [5, 5.41) is 47.5. The zero-order valence-electron chi connectivity index (χ0n) is 22.3. The average molecular weight is 550 g/mol. The number of carbonyl (C=O) groups excluding carboxylic acids is 4. The molecule has 2 amide bonds. The highest BCUT2D eigenvalue weighted by Gasteiger charge is 2.63. The van der Waals surface area contributed by atoms with E-state index in [4.69, 9.17) is 5.73 Å². The molecule has 4 aliphatic carbocycles. The van der Waals surface area contributed by atoms with Crippen LogP contribution in [0.25, 0.3) is 5.57 Å². The smallest absolute Gasteiger partial charge is 0.255 e. The maximum absolute atomic E-state index is 13.9. The lowest BCUT2D eigenvalue weighted by Crippen LogP contribution is -2.63. The van der Waals surface area contributed by atoms with Gasteiger partial charge in [-0.3, -0.25) is 24.1 Å².